The molecule has 140 valence electrons. The summed E-state index contributed by atoms with van der Waals surface area (Å²) in [5.41, 5.74) is 2.03. The highest BCUT2D eigenvalue weighted by molar-refractivity contribution is 7.09. The van der Waals surface area contributed by atoms with E-state index in [-0.39, 0.29) is 5.91 Å². The number of thiophene rings is 1. The summed E-state index contributed by atoms with van der Waals surface area (Å²) in [6.07, 6.45) is 1.90. The predicted molar refractivity (Wildman–Crippen MR) is 111 cm³/mol. The summed E-state index contributed by atoms with van der Waals surface area (Å²) in [6, 6.07) is 12.2. The van der Waals surface area contributed by atoms with Crippen molar-refractivity contribution in [3.05, 3.63) is 52.2 Å². The van der Waals surface area contributed by atoms with Crippen molar-refractivity contribution in [2.75, 3.05) is 32.0 Å². The minimum absolute atomic E-state index is 0.0526. The van der Waals surface area contributed by atoms with Gasteiger partial charge >= 0.3 is 0 Å². The maximum atomic E-state index is 11.1. The average molecular weight is 373 g/mol. The van der Waals surface area contributed by atoms with Crippen LogP contribution in [0.4, 0.5) is 5.69 Å². The number of nitrogens with one attached hydrogen (secondary N) is 2. The van der Waals surface area contributed by atoms with Crippen molar-refractivity contribution in [1.82, 2.24) is 10.2 Å². The molecule has 1 amide bonds. The number of benzene rings is 1. The Morgan fingerprint density at radius 3 is 2.58 bits per heavy atom. The zero-order chi connectivity index (χ0) is 18.8. The fourth-order valence-corrected chi connectivity index (χ4v) is 3.26. The second-order valence-electron chi connectivity index (χ2n) is 6.11. The molecule has 5 nitrogen and oxygen atoms in total. The second-order valence-corrected chi connectivity index (χ2v) is 7.15. The zero-order valence-electron chi connectivity index (χ0n) is 15.8. The maximum Gasteiger partial charge on any atom is 0.221 e. The number of amides is 1. The number of rotatable bonds is 8. The first-order chi connectivity index (χ1) is 12.6. The molecule has 0 aliphatic heterocycles. The fraction of sp³-hybridized carbons (Fsp3) is 0.400. The molecule has 0 bridgehead atoms. The van der Waals surface area contributed by atoms with Crippen LogP contribution in [0.25, 0.3) is 0 Å². The molecule has 2 aromatic rings. The normalized spacial score (nSPS) is 11.3. The average Bonchev–Trinajstić information content (AvgIpc) is 3.13. The van der Waals surface area contributed by atoms with Crippen molar-refractivity contribution < 1.29 is 4.79 Å². The Morgan fingerprint density at radius 2 is 1.96 bits per heavy atom. The van der Waals surface area contributed by atoms with Gasteiger partial charge in [-0.3, -0.25) is 9.79 Å². The van der Waals surface area contributed by atoms with E-state index in [0.717, 1.165) is 44.1 Å². The van der Waals surface area contributed by atoms with E-state index in [1.807, 2.05) is 24.3 Å². The van der Waals surface area contributed by atoms with Crippen molar-refractivity contribution in [3.8, 4) is 0 Å². The van der Waals surface area contributed by atoms with Crippen LogP contribution in [0.1, 0.15) is 24.3 Å². The molecule has 1 heterocycles. The van der Waals surface area contributed by atoms with E-state index in [1.165, 1.54) is 17.4 Å². The summed E-state index contributed by atoms with van der Waals surface area (Å²) in [6.45, 7) is 6.12. The molecule has 0 spiro atoms. The first-order valence-electron chi connectivity index (χ1n) is 8.97. The number of hydrogen-bond acceptors (Lipinski definition) is 3. The van der Waals surface area contributed by atoms with Gasteiger partial charge in [0.2, 0.25) is 5.91 Å². The highest BCUT2D eigenvalue weighted by atomic mass is 32.1. The van der Waals surface area contributed by atoms with Crippen LogP contribution in [-0.4, -0.2) is 43.4 Å². The number of hydrogen-bond donors (Lipinski definition) is 2. The third kappa shape index (κ3) is 6.88. The van der Waals surface area contributed by atoms with Gasteiger partial charge in [0.15, 0.2) is 5.96 Å². The molecule has 0 fully saturated rings. The van der Waals surface area contributed by atoms with Gasteiger partial charge in [-0.15, -0.1) is 11.3 Å². The highest BCUT2D eigenvalue weighted by Gasteiger charge is 2.06. The van der Waals surface area contributed by atoms with Gasteiger partial charge in [-0.1, -0.05) is 18.2 Å². The fourth-order valence-electron chi connectivity index (χ4n) is 2.56. The largest absolute Gasteiger partial charge is 0.357 e. The minimum Gasteiger partial charge on any atom is -0.357 e. The summed E-state index contributed by atoms with van der Waals surface area (Å²) >= 11 is 1.80. The second kappa shape index (κ2) is 10.6. The Balaban J connectivity index is 1.86. The monoisotopic (exact) mass is 372 g/mol. The highest BCUT2D eigenvalue weighted by Crippen LogP contribution is 2.11. The zero-order valence-corrected chi connectivity index (χ0v) is 16.6. The van der Waals surface area contributed by atoms with Gasteiger partial charge in [0, 0.05) is 44.2 Å². The molecule has 26 heavy (non-hydrogen) atoms. The third-order valence-corrected chi connectivity index (χ3v) is 4.84. The molecule has 6 heteroatoms. The molecular weight excluding hydrogens is 344 g/mol. The Kier molecular flexibility index (Phi) is 8.15. The molecule has 2 rings (SSSR count). The summed E-state index contributed by atoms with van der Waals surface area (Å²) < 4.78 is 0. The van der Waals surface area contributed by atoms with E-state index in [9.17, 15) is 4.79 Å². The lowest BCUT2D eigenvalue weighted by molar-refractivity contribution is -0.114. The number of likely N-dealkylation sites (N-methyl/N-ethyl adjacent to an activating group) is 1. The van der Waals surface area contributed by atoms with E-state index >= 15 is 0 Å². The summed E-state index contributed by atoms with van der Waals surface area (Å²) in [7, 11) is 2.08. The summed E-state index contributed by atoms with van der Waals surface area (Å²) in [5.74, 6) is 0.891. The lowest BCUT2D eigenvalue weighted by atomic mass is 10.1. The molecule has 0 aliphatic rings. The van der Waals surface area contributed by atoms with E-state index in [4.69, 9.17) is 4.99 Å². The first kappa shape index (κ1) is 20.0. The van der Waals surface area contributed by atoms with Gasteiger partial charge in [-0.25, -0.2) is 0 Å². The minimum atomic E-state index is -0.0526. The number of carbonyl (C=O) groups is 1. The third-order valence-electron chi connectivity index (χ3n) is 3.91. The maximum absolute atomic E-state index is 11.1. The van der Waals surface area contributed by atoms with Gasteiger partial charge in [0.1, 0.15) is 0 Å². The van der Waals surface area contributed by atoms with Crippen LogP contribution in [0.15, 0.2) is 46.8 Å². The lowest BCUT2D eigenvalue weighted by Crippen LogP contribution is -2.40. The molecule has 0 radical (unpaired) electrons. The Morgan fingerprint density at radius 1 is 1.19 bits per heavy atom. The molecule has 0 aliphatic carbocycles. The molecule has 0 saturated carbocycles. The van der Waals surface area contributed by atoms with Gasteiger partial charge in [0.25, 0.3) is 0 Å². The number of nitrogens with zero attached hydrogens (tertiary/aromatic N) is 2. The number of aliphatic imine (C=N–C) groups is 1. The van der Waals surface area contributed by atoms with Crippen LogP contribution >= 0.6 is 11.3 Å². The number of carbonyl (C=O) groups excluding carboxylic acids is 1. The molecule has 0 unspecified atom stereocenters. The van der Waals surface area contributed by atoms with Crippen LogP contribution in [0, 0.1) is 0 Å². The Bertz CT molecular complexity index is 695. The van der Waals surface area contributed by atoms with E-state index in [2.05, 4.69) is 47.0 Å². The number of anilines is 1. The topological polar surface area (TPSA) is 56.7 Å². The standard InChI is InChI=1S/C20H28N4OS/c1-4-21-20(24(3)14-12-19-6-5-15-26-19)22-13-11-17-7-9-18(10-8-17)23-16(2)25/h5-10,15H,4,11-14H2,1-3H3,(H,21,22)(H,23,25). The van der Waals surface area contributed by atoms with Crippen molar-refractivity contribution in [1.29, 1.82) is 0 Å². The lowest BCUT2D eigenvalue weighted by Gasteiger charge is -2.21. The van der Waals surface area contributed by atoms with Crippen molar-refractivity contribution in [3.63, 3.8) is 0 Å². The quantitative estimate of drug-likeness (QED) is 0.552. The van der Waals surface area contributed by atoms with Crippen molar-refractivity contribution in [2.24, 2.45) is 4.99 Å². The van der Waals surface area contributed by atoms with Crippen LogP contribution in [0.5, 0.6) is 0 Å². The molecule has 0 saturated heterocycles. The van der Waals surface area contributed by atoms with E-state index in [0.29, 0.717) is 0 Å². The van der Waals surface area contributed by atoms with E-state index in [1.54, 1.807) is 11.3 Å². The van der Waals surface area contributed by atoms with Crippen LogP contribution < -0.4 is 10.6 Å². The van der Waals surface area contributed by atoms with Crippen LogP contribution in [0.2, 0.25) is 0 Å². The van der Waals surface area contributed by atoms with Gasteiger partial charge in [-0.05, 0) is 48.9 Å². The first-order valence-corrected chi connectivity index (χ1v) is 9.84. The smallest absolute Gasteiger partial charge is 0.221 e. The van der Waals surface area contributed by atoms with Gasteiger partial charge in [0.05, 0.1) is 0 Å². The van der Waals surface area contributed by atoms with Crippen molar-refractivity contribution in [2.45, 2.75) is 26.7 Å². The SMILES string of the molecule is CCNC(=NCCc1ccc(NC(C)=O)cc1)N(C)CCc1cccs1. The molecule has 0 atom stereocenters. The number of guanidine groups is 1. The van der Waals surface area contributed by atoms with Crippen molar-refractivity contribution >= 4 is 28.9 Å². The summed E-state index contributed by atoms with van der Waals surface area (Å²) in [4.78, 5) is 19.4. The Hall–Kier alpha value is -2.34. The van der Waals surface area contributed by atoms with E-state index < -0.39 is 0 Å². The Labute approximate surface area is 160 Å². The van der Waals surface area contributed by atoms with Crippen LogP contribution in [0.3, 0.4) is 0 Å². The van der Waals surface area contributed by atoms with Crippen LogP contribution in [-0.2, 0) is 17.6 Å². The van der Waals surface area contributed by atoms with Gasteiger partial charge < -0.3 is 15.5 Å². The van der Waals surface area contributed by atoms with Gasteiger partial charge in [-0.2, -0.15) is 0 Å². The molecule has 1 aromatic heterocycles. The molecule has 1 aromatic carbocycles. The molecular formula is C20H28N4OS. The predicted octanol–water partition coefficient (Wildman–Crippen LogP) is 3.39. The molecule has 2 N–H and O–H groups in total. The summed E-state index contributed by atoms with van der Waals surface area (Å²) in [5, 5.41) is 8.26.